The Bertz CT molecular complexity index is 431. The van der Waals surface area contributed by atoms with Crippen molar-refractivity contribution in [2.45, 2.75) is 4.90 Å². The van der Waals surface area contributed by atoms with E-state index < -0.39 is 0 Å². The predicted molar refractivity (Wildman–Crippen MR) is 63.1 cm³/mol. The molecular formula is C10H8ClNaS2. The van der Waals surface area contributed by atoms with Gasteiger partial charge in [0.15, 0.2) is 0 Å². The molecule has 1 aromatic carbocycles. The minimum atomic E-state index is 0. The van der Waals surface area contributed by atoms with Crippen molar-refractivity contribution in [2.24, 2.45) is 0 Å². The molecule has 0 atom stereocenters. The second kappa shape index (κ2) is 5.59. The second-order valence-corrected chi connectivity index (χ2v) is 4.42. The maximum Gasteiger partial charge on any atom is 1.00 e. The Kier molecular flexibility index (Phi) is 5.04. The Labute approximate surface area is 121 Å². The molecule has 2 rings (SSSR count). The summed E-state index contributed by atoms with van der Waals surface area (Å²) >= 11 is 12.0. The summed E-state index contributed by atoms with van der Waals surface area (Å²) in [7, 11) is 0. The largest absolute Gasteiger partial charge is 1.00 e. The molecule has 2 aromatic rings. The van der Waals surface area contributed by atoms with Crippen molar-refractivity contribution >= 4 is 35.6 Å². The molecule has 0 saturated carbocycles. The van der Waals surface area contributed by atoms with Gasteiger partial charge >= 0.3 is 29.6 Å². The Morgan fingerprint density at radius 3 is 2.50 bits per heavy atom. The van der Waals surface area contributed by atoms with Crippen LogP contribution in [0.1, 0.15) is 1.43 Å². The molecule has 0 amide bonds. The van der Waals surface area contributed by atoms with Crippen LogP contribution in [0, 0.1) is 0 Å². The van der Waals surface area contributed by atoms with E-state index in [4.69, 9.17) is 11.6 Å². The maximum absolute atomic E-state index is 6.02. The van der Waals surface area contributed by atoms with Crippen LogP contribution in [0.5, 0.6) is 0 Å². The molecule has 68 valence electrons. The standard InChI is InChI=1S/C10H7ClS2.Na.H/c11-8-5-6-13-10(8)7-3-1-2-4-9(7)12;;/h1-6,12H;;/q;+1;-1. The SMILES string of the molecule is Sc1ccccc1-c1sccc1Cl.[H-].[Na+]. The molecule has 0 aliphatic rings. The number of hydrogen-bond donors (Lipinski definition) is 1. The molecule has 1 heterocycles. The normalized spacial score (nSPS) is 9.57. The first-order valence-electron chi connectivity index (χ1n) is 3.80. The summed E-state index contributed by atoms with van der Waals surface area (Å²) in [6.07, 6.45) is 0. The van der Waals surface area contributed by atoms with Crippen LogP contribution in [0.2, 0.25) is 5.02 Å². The molecule has 0 aliphatic heterocycles. The maximum atomic E-state index is 6.02. The van der Waals surface area contributed by atoms with Gasteiger partial charge in [-0.1, -0.05) is 29.8 Å². The predicted octanol–water partition coefficient (Wildman–Crippen LogP) is 1.47. The minimum Gasteiger partial charge on any atom is -1.00 e. The van der Waals surface area contributed by atoms with Crippen LogP contribution in [0.25, 0.3) is 10.4 Å². The van der Waals surface area contributed by atoms with Crippen molar-refractivity contribution in [3.8, 4) is 10.4 Å². The number of halogens is 1. The fourth-order valence-electron chi connectivity index (χ4n) is 1.15. The van der Waals surface area contributed by atoms with Gasteiger partial charge in [-0.3, -0.25) is 0 Å². The summed E-state index contributed by atoms with van der Waals surface area (Å²) in [6, 6.07) is 9.86. The van der Waals surface area contributed by atoms with Crippen molar-refractivity contribution < 1.29 is 31.0 Å². The zero-order chi connectivity index (χ0) is 9.26. The van der Waals surface area contributed by atoms with Gasteiger partial charge in [0.1, 0.15) is 0 Å². The third kappa shape index (κ3) is 2.57. The van der Waals surface area contributed by atoms with Crippen molar-refractivity contribution in [3.63, 3.8) is 0 Å². The molecule has 0 radical (unpaired) electrons. The zero-order valence-corrected chi connectivity index (χ0v) is 12.2. The molecule has 0 unspecified atom stereocenters. The quantitative estimate of drug-likeness (QED) is 0.575. The van der Waals surface area contributed by atoms with Crippen LogP contribution >= 0.6 is 35.6 Å². The fourth-order valence-corrected chi connectivity index (χ4v) is 2.70. The van der Waals surface area contributed by atoms with Gasteiger partial charge in [0, 0.05) is 10.5 Å². The number of benzene rings is 1. The summed E-state index contributed by atoms with van der Waals surface area (Å²) in [6.45, 7) is 0. The van der Waals surface area contributed by atoms with Crippen LogP contribution in [-0.4, -0.2) is 0 Å². The number of thiol groups is 1. The third-order valence-corrected chi connectivity index (χ3v) is 3.53. The van der Waals surface area contributed by atoms with E-state index in [0.717, 1.165) is 20.4 Å². The Balaban J connectivity index is 0.000000980. The van der Waals surface area contributed by atoms with Crippen LogP contribution in [-0.2, 0) is 0 Å². The average molecular weight is 251 g/mol. The summed E-state index contributed by atoms with van der Waals surface area (Å²) < 4.78 is 0. The van der Waals surface area contributed by atoms with Gasteiger partial charge in [0.2, 0.25) is 0 Å². The summed E-state index contributed by atoms with van der Waals surface area (Å²) in [4.78, 5) is 2.05. The van der Waals surface area contributed by atoms with Gasteiger partial charge in [0.25, 0.3) is 0 Å². The average Bonchev–Trinajstić information content (AvgIpc) is 2.52. The fraction of sp³-hybridized carbons (Fsp3) is 0. The minimum absolute atomic E-state index is 0. The van der Waals surface area contributed by atoms with Gasteiger partial charge in [0.05, 0.1) is 9.90 Å². The number of thiophene rings is 1. The van der Waals surface area contributed by atoms with E-state index in [0.29, 0.717) is 0 Å². The third-order valence-electron chi connectivity index (χ3n) is 1.77. The van der Waals surface area contributed by atoms with E-state index in [1.54, 1.807) is 11.3 Å². The van der Waals surface area contributed by atoms with E-state index in [2.05, 4.69) is 12.6 Å². The van der Waals surface area contributed by atoms with Crippen molar-refractivity contribution in [2.75, 3.05) is 0 Å². The molecule has 0 bridgehead atoms. The molecule has 0 nitrogen and oxygen atoms in total. The first-order chi connectivity index (χ1) is 6.29. The van der Waals surface area contributed by atoms with Crippen LogP contribution in [0.15, 0.2) is 40.6 Å². The zero-order valence-electron chi connectivity index (χ0n) is 8.70. The van der Waals surface area contributed by atoms with E-state index in [9.17, 15) is 0 Å². The van der Waals surface area contributed by atoms with Crippen molar-refractivity contribution in [1.29, 1.82) is 0 Å². The topological polar surface area (TPSA) is 0 Å². The van der Waals surface area contributed by atoms with Gasteiger partial charge in [-0.15, -0.1) is 24.0 Å². The molecule has 4 heteroatoms. The first-order valence-corrected chi connectivity index (χ1v) is 5.51. The van der Waals surface area contributed by atoms with Crippen LogP contribution in [0.4, 0.5) is 0 Å². The molecule has 0 N–H and O–H groups in total. The van der Waals surface area contributed by atoms with E-state index >= 15 is 0 Å². The van der Waals surface area contributed by atoms with Crippen molar-refractivity contribution in [3.05, 3.63) is 40.7 Å². The molecule has 0 saturated heterocycles. The van der Waals surface area contributed by atoms with Gasteiger partial charge in [-0.25, -0.2) is 0 Å². The Hall–Kier alpha value is 0.560. The molecule has 1 aromatic heterocycles. The second-order valence-electron chi connectivity index (χ2n) is 2.61. The molecule has 0 aliphatic carbocycles. The van der Waals surface area contributed by atoms with Gasteiger partial charge < -0.3 is 1.43 Å². The Morgan fingerprint density at radius 1 is 1.21 bits per heavy atom. The summed E-state index contributed by atoms with van der Waals surface area (Å²) in [5.74, 6) is 0. The molecule has 0 spiro atoms. The number of rotatable bonds is 1. The van der Waals surface area contributed by atoms with Crippen molar-refractivity contribution in [1.82, 2.24) is 0 Å². The van der Waals surface area contributed by atoms with E-state index in [-0.39, 0.29) is 31.0 Å². The first kappa shape index (κ1) is 12.6. The summed E-state index contributed by atoms with van der Waals surface area (Å²) in [5.41, 5.74) is 1.10. The smallest absolute Gasteiger partial charge is 1.00 e. The van der Waals surface area contributed by atoms with E-state index in [1.807, 2.05) is 35.7 Å². The van der Waals surface area contributed by atoms with Crippen LogP contribution in [0.3, 0.4) is 0 Å². The molecule has 0 fully saturated rings. The number of hydrogen-bond acceptors (Lipinski definition) is 2. The molecular weight excluding hydrogens is 243 g/mol. The summed E-state index contributed by atoms with van der Waals surface area (Å²) in [5, 5.41) is 2.78. The van der Waals surface area contributed by atoms with Gasteiger partial charge in [-0.2, -0.15) is 0 Å². The van der Waals surface area contributed by atoms with E-state index in [1.165, 1.54) is 0 Å². The monoisotopic (exact) mass is 250 g/mol. The van der Waals surface area contributed by atoms with Gasteiger partial charge in [-0.05, 0) is 17.5 Å². The van der Waals surface area contributed by atoms with Crippen LogP contribution < -0.4 is 29.6 Å². The Morgan fingerprint density at radius 2 is 1.93 bits per heavy atom. The molecule has 14 heavy (non-hydrogen) atoms.